The van der Waals surface area contributed by atoms with E-state index in [0.29, 0.717) is 25.7 Å². The second kappa shape index (κ2) is 12.6. The van der Waals surface area contributed by atoms with E-state index >= 15 is 0 Å². The average molecular weight is 610 g/mol. The van der Waals surface area contributed by atoms with Gasteiger partial charge in [-0.15, -0.1) is 0 Å². The molecule has 0 amide bonds. The molecule has 2 saturated heterocycles. The van der Waals surface area contributed by atoms with Crippen LogP contribution >= 0.6 is 0 Å². The van der Waals surface area contributed by atoms with Crippen molar-refractivity contribution in [2.45, 2.75) is 63.7 Å². The van der Waals surface area contributed by atoms with E-state index in [1.54, 1.807) is 0 Å². The van der Waals surface area contributed by atoms with Crippen LogP contribution in [0.25, 0.3) is 11.3 Å². The lowest BCUT2D eigenvalue weighted by molar-refractivity contribution is -0.140. The molecule has 0 radical (unpaired) electrons. The van der Waals surface area contributed by atoms with Gasteiger partial charge in [-0.2, -0.15) is 13.2 Å². The lowest BCUT2D eigenvalue weighted by Gasteiger charge is -2.53. The molecule has 2 unspecified atom stereocenters. The molecule has 7 nitrogen and oxygen atoms in total. The Morgan fingerprint density at radius 3 is 2.64 bits per heavy atom. The van der Waals surface area contributed by atoms with Crippen LogP contribution in [0.3, 0.4) is 0 Å². The summed E-state index contributed by atoms with van der Waals surface area (Å²) in [5.41, 5.74) is 3.16. The van der Waals surface area contributed by atoms with Crippen molar-refractivity contribution >= 4 is 5.69 Å². The van der Waals surface area contributed by atoms with Crippen LogP contribution in [0.1, 0.15) is 56.5 Å². The van der Waals surface area contributed by atoms with Gasteiger partial charge in [-0.3, -0.25) is 9.88 Å². The molecule has 1 N–H and O–H groups in total. The van der Waals surface area contributed by atoms with E-state index in [0.717, 1.165) is 68.1 Å². The normalized spacial score (nSPS) is 24.0. The standard InChI is InChI=1S/C34H42F3N5O2/c1-4-23-19-42(29-14-15-31(43-3)40-32(29)34(35,36)37)18-16-33(23)22-41(20-24-9-8-17-38-24)21-28-26(33)12-13-27(39-28)25-10-6-7-11-30(25)44-5-2/h6-7,10-15,23-24,38H,4-5,8-9,16-22H2,1-3H3/t23?,24-,33?/m1/s1. The van der Waals surface area contributed by atoms with Crippen LogP contribution in [-0.4, -0.2) is 67.4 Å². The molecule has 3 atom stereocenters. The van der Waals surface area contributed by atoms with Crippen molar-refractivity contribution in [1.29, 1.82) is 0 Å². The highest BCUT2D eigenvalue weighted by atomic mass is 19.4. The highest BCUT2D eigenvalue weighted by Gasteiger charge is 2.49. The number of pyridine rings is 2. The number of hydrogen-bond acceptors (Lipinski definition) is 7. The number of ether oxygens (including phenoxy) is 2. The highest BCUT2D eigenvalue weighted by molar-refractivity contribution is 5.68. The highest BCUT2D eigenvalue weighted by Crippen LogP contribution is 2.48. The lowest BCUT2D eigenvalue weighted by atomic mass is 9.62. The molecule has 3 aliphatic rings. The minimum Gasteiger partial charge on any atom is -0.493 e. The molecule has 6 rings (SSSR count). The molecule has 236 valence electrons. The van der Waals surface area contributed by atoms with Gasteiger partial charge in [0.05, 0.1) is 30.8 Å². The van der Waals surface area contributed by atoms with Crippen molar-refractivity contribution in [3.63, 3.8) is 0 Å². The Labute approximate surface area is 257 Å². The summed E-state index contributed by atoms with van der Waals surface area (Å²) in [6.45, 7) is 9.31. The van der Waals surface area contributed by atoms with Crippen molar-refractivity contribution < 1.29 is 22.6 Å². The zero-order valence-electron chi connectivity index (χ0n) is 25.8. The van der Waals surface area contributed by atoms with Crippen molar-refractivity contribution in [2.75, 3.05) is 51.3 Å². The van der Waals surface area contributed by atoms with Gasteiger partial charge in [-0.05, 0) is 68.5 Å². The number of hydrogen-bond donors (Lipinski definition) is 1. The number of piperidine rings is 1. The predicted molar refractivity (Wildman–Crippen MR) is 165 cm³/mol. The first-order valence-electron chi connectivity index (χ1n) is 15.8. The second-order valence-electron chi connectivity index (χ2n) is 12.3. The summed E-state index contributed by atoms with van der Waals surface area (Å²) in [6.07, 6.45) is -0.679. The van der Waals surface area contributed by atoms with Crippen LogP contribution in [0.2, 0.25) is 0 Å². The summed E-state index contributed by atoms with van der Waals surface area (Å²) in [6, 6.07) is 15.8. The van der Waals surface area contributed by atoms with E-state index in [1.165, 1.54) is 31.2 Å². The molecule has 5 heterocycles. The van der Waals surface area contributed by atoms with E-state index in [2.05, 4.69) is 34.3 Å². The van der Waals surface area contributed by atoms with Crippen LogP contribution in [0.5, 0.6) is 11.6 Å². The van der Waals surface area contributed by atoms with E-state index in [9.17, 15) is 13.2 Å². The van der Waals surface area contributed by atoms with Crippen LogP contribution in [0, 0.1) is 5.92 Å². The van der Waals surface area contributed by atoms with Crippen molar-refractivity contribution in [3.05, 3.63) is 65.5 Å². The number of anilines is 1. The summed E-state index contributed by atoms with van der Waals surface area (Å²) < 4.78 is 53.5. The Bertz CT molecular complexity index is 1460. The van der Waals surface area contributed by atoms with Crippen LogP contribution < -0.4 is 19.7 Å². The Balaban J connectivity index is 1.38. The molecule has 0 bridgehead atoms. The Morgan fingerprint density at radius 2 is 1.91 bits per heavy atom. The molecular weight excluding hydrogens is 567 g/mol. The molecule has 0 aliphatic carbocycles. The maximum atomic E-state index is 14.2. The van der Waals surface area contributed by atoms with Gasteiger partial charge < -0.3 is 19.7 Å². The molecule has 2 fully saturated rings. The van der Waals surface area contributed by atoms with Gasteiger partial charge in [0, 0.05) is 55.8 Å². The minimum absolute atomic E-state index is 0.0354. The van der Waals surface area contributed by atoms with Crippen molar-refractivity contribution in [2.24, 2.45) is 5.92 Å². The van der Waals surface area contributed by atoms with E-state index in [4.69, 9.17) is 14.5 Å². The quantitative estimate of drug-likeness (QED) is 0.321. The van der Waals surface area contributed by atoms with Gasteiger partial charge in [-0.1, -0.05) is 31.5 Å². The van der Waals surface area contributed by atoms with Gasteiger partial charge in [0.1, 0.15) is 5.75 Å². The third-order valence-corrected chi connectivity index (χ3v) is 9.70. The number of rotatable bonds is 8. The number of aromatic nitrogens is 2. The molecular formula is C34H42F3N5O2. The summed E-state index contributed by atoms with van der Waals surface area (Å²) in [5.74, 6) is 0.904. The number of fused-ring (bicyclic) bond motifs is 2. The van der Waals surface area contributed by atoms with E-state index < -0.39 is 11.9 Å². The molecule has 10 heteroatoms. The SMILES string of the molecule is CCOc1ccccc1-c1ccc2c(n1)CN(C[C@H]1CCCN1)CC21CCN(c2ccc(OC)nc2C(F)(F)F)CC1CC. The zero-order valence-corrected chi connectivity index (χ0v) is 25.8. The number of alkyl halides is 3. The van der Waals surface area contributed by atoms with Gasteiger partial charge in [0.15, 0.2) is 5.69 Å². The number of nitrogens with zero attached hydrogens (tertiary/aromatic N) is 4. The predicted octanol–water partition coefficient (Wildman–Crippen LogP) is 6.31. The molecule has 44 heavy (non-hydrogen) atoms. The lowest BCUT2D eigenvalue weighted by Crippen LogP contribution is -2.58. The zero-order chi connectivity index (χ0) is 30.9. The van der Waals surface area contributed by atoms with Gasteiger partial charge >= 0.3 is 6.18 Å². The summed E-state index contributed by atoms with van der Waals surface area (Å²) >= 11 is 0. The third kappa shape index (κ3) is 5.86. The molecule has 3 aliphatic heterocycles. The number of methoxy groups -OCH3 is 1. The van der Waals surface area contributed by atoms with Gasteiger partial charge in [0.25, 0.3) is 0 Å². The fourth-order valence-electron chi connectivity index (χ4n) is 7.67. The molecule has 3 aromatic rings. The van der Waals surface area contributed by atoms with Crippen LogP contribution in [-0.2, 0) is 18.1 Å². The number of nitrogens with one attached hydrogen (secondary N) is 1. The number of benzene rings is 1. The maximum absolute atomic E-state index is 14.2. The molecule has 1 aromatic carbocycles. The summed E-state index contributed by atoms with van der Waals surface area (Å²) in [7, 11) is 1.34. The van der Waals surface area contributed by atoms with Crippen LogP contribution in [0.15, 0.2) is 48.5 Å². The second-order valence-corrected chi connectivity index (χ2v) is 12.3. The smallest absolute Gasteiger partial charge is 0.435 e. The Hall–Kier alpha value is -3.37. The van der Waals surface area contributed by atoms with E-state index in [-0.39, 0.29) is 22.9 Å². The number of halogens is 3. The van der Waals surface area contributed by atoms with E-state index in [1.807, 2.05) is 36.1 Å². The first kappa shape index (κ1) is 30.6. The molecule has 0 saturated carbocycles. The average Bonchev–Trinajstić information content (AvgIpc) is 3.54. The number of para-hydroxylation sites is 1. The fraction of sp³-hybridized carbons (Fsp3) is 0.529. The summed E-state index contributed by atoms with van der Waals surface area (Å²) in [5, 5.41) is 3.65. The summed E-state index contributed by atoms with van der Waals surface area (Å²) in [4.78, 5) is 13.5. The topological polar surface area (TPSA) is 62.8 Å². The minimum atomic E-state index is -4.58. The largest absolute Gasteiger partial charge is 0.493 e. The molecule has 2 aromatic heterocycles. The van der Waals surface area contributed by atoms with Gasteiger partial charge in [0.2, 0.25) is 5.88 Å². The van der Waals surface area contributed by atoms with Crippen molar-refractivity contribution in [1.82, 2.24) is 20.2 Å². The van der Waals surface area contributed by atoms with Gasteiger partial charge in [-0.25, -0.2) is 4.98 Å². The Kier molecular flexibility index (Phi) is 8.75. The fourth-order valence-corrected chi connectivity index (χ4v) is 7.67. The Morgan fingerprint density at radius 1 is 1.07 bits per heavy atom. The first-order chi connectivity index (χ1) is 21.3. The molecule has 1 spiro atoms. The third-order valence-electron chi connectivity index (χ3n) is 9.70. The monoisotopic (exact) mass is 609 g/mol. The maximum Gasteiger partial charge on any atom is 0.435 e. The first-order valence-corrected chi connectivity index (χ1v) is 15.8. The van der Waals surface area contributed by atoms with Crippen LogP contribution in [0.4, 0.5) is 18.9 Å². The van der Waals surface area contributed by atoms with Crippen molar-refractivity contribution in [3.8, 4) is 22.9 Å².